The van der Waals surface area contributed by atoms with Crippen molar-refractivity contribution in [1.82, 2.24) is 38.9 Å². The molecule has 5 aromatic rings. The highest BCUT2D eigenvalue weighted by Crippen LogP contribution is 2.23. The van der Waals surface area contributed by atoms with Crippen LogP contribution in [-0.2, 0) is 26.7 Å². The third-order valence-corrected chi connectivity index (χ3v) is 5.71. The van der Waals surface area contributed by atoms with Gasteiger partial charge in [-0.25, -0.2) is 19.2 Å². The zero-order valence-corrected chi connectivity index (χ0v) is 19.6. The van der Waals surface area contributed by atoms with Gasteiger partial charge in [0, 0.05) is 26.2 Å². The topological polar surface area (TPSA) is 128 Å². The van der Waals surface area contributed by atoms with E-state index in [9.17, 15) is 14.0 Å². The average Bonchev–Trinajstić information content (AvgIpc) is 3.54. The zero-order valence-electron chi connectivity index (χ0n) is 19.6. The van der Waals surface area contributed by atoms with E-state index in [0.717, 1.165) is 6.42 Å². The number of aromatic amines is 2. The van der Waals surface area contributed by atoms with Crippen molar-refractivity contribution in [2.75, 3.05) is 0 Å². The number of rotatable bonds is 8. The predicted octanol–water partition coefficient (Wildman–Crippen LogP) is 2.70. The Kier molecular flexibility index (Phi) is 5.71. The van der Waals surface area contributed by atoms with Crippen LogP contribution in [0.15, 0.2) is 33.9 Å². The molecule has 0 saturated heterocycles. The minimum atomic E-state index is -0.391. The molecule has 0 amide bonds. The second-order valence-corrected chi connectivity index (χ2v) is 8.30. The van der Waals surface area contributed by atoms with Crippen molar-refractivity contribution in [3.8, 4) is 17.4 Å². The molecular formula is C23H25FN8O3. The summed E-state index contributed by atoms with van der Waals surface area (Å²) in [6.45, 7) is 4.77. The molecule has 0 atom stereocenters. The molecule has 182 valence electrons. The highest BCUT2D eigenvalue weighted by atomic mass is 19.1. The molecule has 11 nitrogen and oxygen atoms in total. The van der Waals surface area contributed by atoms with Crippen LogP contribution in [0.1, 0.15) is 32.5 Å². The molecular weight excluding hydrogens is 455 g/mol. The molecule has 12 heteroatoms. The summed E-state index contributed by atoms with van der Waals surface area (Å²) in [6.07, 6.45) is 1.38. The van der Waals surface area contributed by atoms with E-state index in [0.29, 0.717) is 59.4 Å². The summed E-state index contributed by atoms with van der Waals surface area (Å²) < 4.78 is 23.6. The molecule has 35 heavy (non-hydrogen) atoms. The zero-order chi connectivity index (χ0) is 24.7. The number of ether oxygens (including phenoxy) is 1. The van der Waals surface area contributed by atoms with E-state index in [1.807, 2.05) is 13.8 Å². The Labute approximate surface area is 198 Å². The number of fused-ring (bicyclic) bond motifs is 2. The lowest BCUT2D eigenvalue weighted by molar-refractivity contribution is 0.283. The Morgan fingerprint density at radius 1 is 1.03 bits per heavy atom. The van der Waals surface area contributed by atoms with Gasteiger partial charge in [0.2, 0.25) is 5.88 Å². The van der Waals surface area contributed by atoms with Crippen LogP contribution in [0.2, 0.25) is 0 Å². The van der Waals surface area contributed by atoms with Gasteiger partial charge in [-0.05, 0) is 31.0 Å². The Hall–Kier alpha value is -4.22. The van der Waals surface area contributed by atoms with Gasteiger partial charge in [-0.2, -0.15) is 0 Å². The summed E-state index contributed by atoms with van der Waals surface area (Å²) in [5.74, 6) is 0.907. The van der Waals surface area contributed by atoms with Crippen LogP contribution >= 0.6 is 0 Å². The quantitative estimate of drug-likeness (QED) is 0.351. The number of hydrogen-bond donors (Lipinski definition) is 2. The van der Waals surface area contributed by atoms with Gasteiger partial charge in [0.1, 0.15) is 29.5 Å². The summed E-state index contributed by atoms with van der Waals surface area (Å²) >= 11 is 0. The van der Waals surface area contributed by atoms with Crippen LogP contribution in [0.4, 0.5) is 4.39 Å². The maximum absolute atomic E-state index is 13.4. The first-order valence-corrected chi connectivity index (χ1v) is 11.4. The fourth-order valence-electron chi connectivity index (χ4n) is 4.11. The second kappa shape index (κ2) is 8.85. The van der Waals surface area contributed by atoms with Crippen LogP contribution in [0.25, 0.3) is 33.7 Å². The SMILES string of the molecule is CCCn1c(=O)c2[nH]c(-c3cc(OCc4nc5ccc(F)cc5[nH]4)nn3C)nc2n(CCC)c1=O. The van der Waals surface area contributed by atoms with E-state index >= 15 is 0 Å². The minimum absolute atomic E-state index is 0.102. The number of aryl methyl sites for hydroxylation is 2. The van der Waals surface area contributed by atoms with E-state index in [1.165, 1.54) is 21.3 Å². The van der Waals surface area contributed by atoms with Gasteiger partial charge < -0.3 is 14.7 Å². The first kappa shape index (κ1) is 22.6. The fourth-order valence-corrected chi connectivity index (χ4v) is 4.11. The molecule has 0 bridgehead atoms. The number of aromatic nitrogens is 8. The van der Waals surface area contributed by atoms with Gasteiger partial charge in [0.15, 0.2) is 11.5 Å². The van der Waals surface area contributed by atoms with E-state index < -0.39 is 5.56 Å². The van der Waals surface area contributed by atoms with Crippen molar-refractivity contribution in [1.29, 1.82) is 0 Å². The molecule has 1 aromatic carbocycles. The molecule has 0 saturated carbocycles. The number of H-pyrrole nitrogens is 2. The van der Waals surface area contributed by atoms with Crippen LogP contribution in [0.3, 0.4) is 0 Å². The standard InChI is InChI=1S/C23H25FN8O3/c1-4-8-31-21-19(22(33)32(9-5-2)23(31)34)27-20(28-21)16-11-18(29-30(16)3)35-12-17-25-14-7-6-13(24)10-15(14)26-17/h6-7,10-11H,4-5,8-9,12H2,1-3H3,(H,25,26)(H,27,28). The molecule has 4 heterocycles. The molecule has 0 fully saturated rings. The van der Waals surface area contributed by atoms with Crippen LogP contribution in [0, 0.1) is 5.82 Å². The van der Waals surface area contributed by atoms with Crippen molar-refractivity contribution in [2.45, 2.75) is 46.4 Å². The summed E-state index contributed by atoms with van der Waals surface area (Å²) in [5, 5.41) is 4.37. The number of benzene rings is 1. The van der Waals surface area contributed by atoms with Crippen molar-refractivity contribution in [3.63, 3.8) is 0 Å². The summed E-state index contributed by atoms with van der Waals surface area (Å²) in [6, 6.07) is 6.01. The summed E-state index contributed by atoms with van der Waals surface area (Å²) in [5.41, 5.74) is 1.66. The van der Waals surface area contributed by atoms with Gasteiger partial charge in [0.25, 0.3) is 5.56 Å². The van der Waals surface area contributed by atoms with Crippen molar-refractivity contribution in [2.24, 2.45) is 7.05 Å². The van der Waals surface area contributed by atoms with E-state index in [1.54, 1.807) is 23.9 Å². The third kappa shape index (κ3) is 4.00. The highest BCUT2D eigenvalue weighted by molar-refractivity contribution is 5.75. The summed E-state index contributed by atoms with van der Waals surface area (Å²) in [7, 11) is 1.73. The maximum Gasteiger partial charge on any atom is 0.332 e. The Morgan fingerprint density at radius 3 is 2.57 bits per heavy atom. The number of nitrogens with one attached hydrogen (secondary N) is 2. The van der Waals surface area contributed by atoms with E-state index in [2.05, 4.69) is 25.0 Å². The lowest BCUT2D eigenvalue weighted by Crippen LogP contribution is -2.40. The fraction of sp³-hybridized carbons (Fsp3) is 0.348. The summed E-state index contributed by atoms with van der Waals surface area (Å²) in [4.78, 5) is 41.0. The van der Waals surface area contributed by atoms with Gasteiger partial charge in [-0.1, -0.05) is 13.8 Å². The lowest BCUT2D eigenvalue weighted by Gasteiger charge is -2.09. The Bertz CT molecular complexity index is 1660. The molecule has 0 aliphatic rings. The van der Waals surface area contributed by atoms with Gasteiger partial charge >= 0.3 is 5.69 Å². The van der Waals surface area contributed by atoms with Gasteiger partial charge in [0.05, 0.1) is 11.0 Å². The number of imidazole rings is 2. The molecule has 0 radical (unpaired) electrons. The third-order valence-electron chi connectivity index (χ3n) is 5.71. The lowest BCUT2D eigenvalue weighted by atomic mass is 10.3. The normalized spacial score (nSPS) is 11.7. The monoisotopic (exact) mass is 480 g/mol. The van der Waals surface area contributed by atoms with Crippen molar-refractivity contribution in [3.05, 3.63) is 56.7 Å². The Balaban J connectivity index is 1.47. The van der Waals surface area contributed by atoms with Crippen molar-refractivity contribution < 1.29 is 9.13 Å². The smallest absolute Gasteiger partial charge is 0.332 e. The van der Waals surface area contributed by atoms with Crippen LogP contribution in [0.5, 0.6) is 5.88 Å². The number of nitrogens with zero attached hydrogens (tertiary/aromatic N) is 6. The first-order valence-electron chi connectivity index (χ1n) is 11.4. The predicted molar refractivity (Wildman–Crippen MR) is 128 cm³/mol. The highest BCUT2D eigenvalue weighted by Gasteiger charge is 2.20. The minimum Gasteiger partial charge on any atom is -0.468 e. The van der Waals surface area contributed by atoms with Crippen molar-refractivity contribution >= 4 is 22.2 Å². The molecule has 0 aliphatic heterocycles. The second-order valence-electron chi connectivity index (χ2n) is 8.30. The van der Waals surface area contributed by atoms with E-state index in [-0.39, 0.29) is 23.6 Å². The first-order chi connectivity index (χ1) is 16.9. The molecule has 4 aromatic heterocycles. The largest absolute Gasteiger partial charge is 0.468 e. The molecule has 5 rings (SSSR count). The van der Waals surface area contributed by atoms with Crippen LogP contribution in [-0.4, -0.2) is 38.9 Å². The van der Waals surface area contributed by atoms with Gasteiger partial charge in [-0.3, -0.25) is 18.6 Å². The molecule has 2 N–H and O–H groups in total. The average molecular weight is 481 g/mol. The van der Waals surface area contributed by atoms with E-state index in [4.69, 9.17) is 4.74 Å². The maximum atomic E-state index is 13.4. The van der Waals surface area contributed by atoms with Crippen LogP contribution < -0.4 is 16.0 Å². The molecule has 0 spiro atoms. The molecule has 0 aliphatic carbocycles. The Morgan fingerprint density at radius 2 is 1.80 bits per heavy atom. The van der Waals surface area contributed by atoms with Gasteiger partial charge in [-0.15, -0.1) is 5.10 Å². The molecule has 0 unspecified atom stereocenters. The number of hydrogen-bond acceptors (Lipinski definition) is 6. The number of halogens is 1.